The highest BCUT2D eigenvalue weighted by Gasteiger charge is 2.54. The topological polar surface area (TPSA) is 36.9 Å². The van der Waals surface area contributed by atoms with E-state index in [-0.39, 0.29) is 0 Å². The van der Waals surface area contributed by atoms with Crippen LogP contribution in [0.25, 0.3) is 0 Å². The minimum atomic E-state index is -2.58. The molecule has 2 saturated carbocycles. The number of rotatable bonds is 6. The molecule has 3 atom stereocenters. The number of hydrogen-bond donors (Lipinski definition) is 0. The van der Waals surface area contributed by atoms with Crippen LogP contribution in [0, 0.1) is 17.3 Å². The van der Waals surface area contributed by atoms with Crippen molar-refractivity contribution in [2.24, 2.45) is 17.3 Å². The molecule has 0 N–H and O–H groups in total. The third-order valence-electron chi connectivity index (χ3n) is 5.21. The summed E-state index contributed by atoms with van der Waals surface area (Å²) in [7, 11) is 2.32. The molecule has 0 aromatic rings. The standard InChI is InChI=1S/C13H26O4Si/c1-13(2)10-6-7-11(13)12(8-10)17-9-18(14-3,15-4)16-5/h10-12H,6-9H2,1-5H3. The molecule has 0 radical (unpaired) electrons. The lowest BCUT2D eigenvalue weighted by Gasteiger charge is -2.30. The summed E-state index contributed by atoms with van der Waals surface area (Å²) < 4.78 is 22.3. The maximum Gasteiger partial charge on any atom is 0.527 e. The van der Waals surface area contributed by atoms with E-state index in [0.717, 1.165) is 5.92 Å². The van der Waals surface area contributed by atoms with Gasteiger partial charge < -0.3 is 18.0 Å². The zero-order valence-electron chi connectivity index (χ0n) is 12.2. The van der Waals surface area contributed by atoms with Crippen LogP contribution >= 0.6 is 0 Å². The molecule has 2 bridgehead atoms. The summed E-state index contributed by atoms with van der Waals surface area (Å²) >= 11 is 0. The highest BCUT2D eigenvalue weighted by Crippen LogP contribution is 2.58. The normalized spacial score (nSPS) is 34.2. The van der Waals surface area contributed by atoms with Crippen molar-refractivity contribution in [2.45, 2.75) is 39.2 Å². The predicted octanol–water partition coefficient (Wildman–Crippen LogP) is 2.25. The third kappa shape index (κ3) is 2.27. The molecule has 0 spiro atoms. The van der Waals surface area contributed by atoms with Gasteiger partial charge in [0.15, 0.2) is 0 Å². The maximum absolute atomic E-state index is 6.10. The second-order valence-corrected chi connectivity index (χ2v) is 8.96. The SMILES string of the molecule is CO[Si](COC1CC2CCC1C2(C)C)(OC)OC. The molecule has 4 nitrogen and oxygen atoms in total. The second-order valence-electron chi connectivity index (χ2n) is 6.08. The summed E-state index contributed by atoms with van der Waals surface area (Å²) in [5.41, 5.74) is 0.433. The highest BCUT2D eigenvalue weighted by molar-refractivity contribution is 6.60. The minimum absolute atomic E-state index is 0.353. The number of fused-ring (bicyclic) bond motifs is 2. The van der Waals surface area contributed by atoms with E-state index in [1.54, 1.807) is 21.3 Å². The smallest absolute Gasteiger partial charge is 0.375 e. The molecular formula is C13H26O4Si. The molecule has 0 aromatic heterocycles. The van der Waals surface area contributed by atoms with E-state index in [2.05, 4.69) is 13.8 Å². The van der Waals surface area contributed by atoms with Gasteiger partial charge in [-0.2, -0.15) is 0 Å². The molecule has 0 heterocycles. The van der Waals surface area contributed by atoms with Gasteiger partial charge in [0.25, 0.3) is 0 Å². The Bertz CT molecular complexity index is 282. The lowest BCUT2D eigenvalue weighted by atomic mass is 9.82. The molecule has 2 aliphatic carbocycles. The van der Waals surface area contributed by atoms with Gasteiger partial charge in [0.2, 0.25) is 0 Å². The molecule has 106 valence electrons. The molecule has 0 saturated heterocycles. The first-order valence-corrected chi connectivity index (χ1v) is 8.69. The van der Waals surface area contributed by atoms with Crippen molar-refractivity contribution in [3.05, 3.63) is 0 Å². The first-order chi connectivity index (χ1) is 8.49. The first-order valence-electron chi connectivity index (χ1n) is 6.76. The summed E-state index contributed by atoms with van der Waals surface area (Å²) in [6.07, 6.45) is 4.65. The van der Waals surface area contributed by atoms with Gasteiger partial charge in [-0.1, -0.05) is 13.8 Å². The van der Waals surface area contributed by atoms with Gasteiger partial charge in [0.05, 0.1) is 6.10 Å². The lowest BCUT2D eigenvalue weighted by molar-refractivity contribution is -0.00606. The fourth-order valence-corrected chi connectivity index (χ4v) is 5.05. The lowest BCUT2D eigenvalue weighted by Crippen LogP contribution is -2.49. The zero-order valence-corrected chi connectivity index (χ0v) is 13.2. The summed E-state index contributed by atoms with van der Waals surface area (Å²) in [6, 6.07) is 0. The van der Waals surface area contributed by atoms with E-state index in [1.165, 1.54) is 19.3 Å². The van der Waals surface area contributed by atoms with Crippen LogP contribution in [0.3, 0.4) is 0 Å². The molecule has 5 heteroatoms. The van der Waals surface area contributed by atoms with Crippen LogP contribution in [-0.2, 0) is 18.0 Å². The van der Waals surface area contributed by atoms with Crippen molar-refractivity contribution < 1.29 is 18.0 Å². The Balaban J connectivity index is 1.93. The Kier molecular flexibility index (Phi) is 4.19. The van der Waals surface area contributed by atoms with Gasteiger partial charge in [-0.25, -0.2) is 0 Å². The summed E-state index contributed by atoms with van der Waals surface area (Å²) in [5.74, 6) is 1.50. The Morgan fingerprint density at radius 2 is 1.67 bits per heavy atom. The largest absolute Gasteiger partial charge is 0.527 e. The molecule has 0 aromatic carbocycles. The van der Waals surface area contributed by atoms with Crippen LogP contribution < -0.4 is 0 Å². The van der Waals surface area contributed by atoms with Gasteiger partial charge in [-0.15, -0.1) is 0 Å². The maximum atomic E-state index is 6.10. The van der Waals surface area contributed by atoms with Crippen LogP contribution in [0.1, 0.15) is 33.1 Å². The van der Waals surface area contributed by atoms with Crippen LogP contribution in [-0.4, -0.2) is 42.5 Å². The van der Waals surface area contributed by atoms with Crippen LogP contribution in [0.15, 0.2) is 0 Å². The van der Waals surface area contributed by atoms with Gasteiger partial charge in [-0.05, 0) is 36.5 Å². The zero-order chi connectivity index (χ0) is 13.4. The molecule has 2 rings (SSSR count). The van der Waals surface area contributed by atoms with Crippen molar-refractivity contribution in [3.8, 4) is 0 Å². The van der Waals surface area contributed by atoms with Gasteiger partial charge >= 0.3 is 8.80 Å². The molecule has 0 amide bonds. The van der Waals surface area contributed by atoms with Crippen molar-refractivity contribution >= 4 is 8.80 Å². The summed E-state index contributed by atoms with van der Waals surface area (Å²) in [4.78, 5) is 0. The van der Waals surface area contributed by atoms with E-state index in [1.807, 2.05) is 0 Å². The Hall–Kier alpha value is 0.0569. The molecule has 0 aliphatic heterocycles. The average Bonchev–Trinajstić information content (AvgIpc) is 2.80. The van der Waals surface area contributed by atoms with E-state index in [4.69, 9.17) is 18.0 Å². The summed E-state index contributed by atoms with van der Waals surface area (Å²) in [5, 5.41) is 0. The fourth-order valence-electron chi connectivity index (χ4n) is 3.78. The van der Waals surface area contributed by atoms with Crippen LogP contribution in [0.2, 0.25) is 0 Å². The highest BCUT2D eigenvalue weighted by atomic mass is 28.4. The Morgan fingerprint density at radius 1 is 1.06 bits per heavy atom. The average molecular weight is 274 g/mol. The van der Waals surface area contributed by atoms with E-state index >= 15 is 0 Å². The van der Waals surface area contributed by atoms with Crippen LogP contribution in [0.4, 0.5) is 0 Å². The Labute approximate surface area is 111 Å². The fraction of sp³-hybridized carbons (Fsp3) is 1.00. The van der Waals surface area contributed by atoms with Crippen molar-refractivity contribution in [3.63, 3.8) is 0 Å². The van der Waals surface area contributed by atoms with E-state index in [0.29, 0.717) is 23.7 Å². The molecule has 2 fully saturated rings. The first kappa shape index (κ1) is 14.5. The molecule has 18 heavy (non-hydrogen) atoms. The van der Waals surface area contributed by atoms with Crippen molar-refractivity contribution in [1.82, 2.24) is 0 Å². The minimum Gasteiger partial charge on any atom is -0.375 e. The molecule has 3 unspecified atom stereocenters. The van der Waals surface area contributed by atoms with Crippen molar-refractivity contribution in [2.75, 3.05) is 27.6 Å². The molecule has 2 aliphatic rings. The third-order valence-corrected chi connectivity index (χ3v) is 7.59. The van der Waals surface area contributed by atoms with E-state index < -0.39 is 8.80 Å². The number of ether oxygens (including phenoxy) is 1. The second kappa shape index (κ2) is 5.21. The van der Waals surface area contributed by atoms with Gasteiger partial charge in [0.1, 0.15) is 6.23 Å². The predicted molar refractivity (Wildman–Crippen MR) is 71.1 cm³/mol. The molecular weight excluding hydrogens is 248 g/mol. The van der Waals surface area contributed by atoms with Gasteiger partial charge in [0, 0.05) is 21.3 Å². The Morgan fingerprint density at radius 3 is 2.06 bits per heavy atom. The summed E-state index contributed by atoms with van der Waals surface area (Å²) in [6.45, 7) is 4.76. The monoisotopic (exact) mass is 274 g/mol. The number of hydrogen-bond acceptors (Lipinski definition) is 4. The van der Waals surface area contributed by atoms with Gasteiger partial charge in [-0.3, -0.25) is 0 Å². The quantitative estimate of drug-likeness (QED) is 0.696. The van der Waals surface area contributed by atoms with Crippen LogP contribution in [0.5, 0.6) is 0 Å². The van der Waals surface area contributed by atoms with E-state index in [9.17, 15) is 0 Å². The van der Waals surface area contributed by atoms with Crippen molar-refractivity contribution in [1.29, 1.82) is 0 Å².